The van der Waals surface area contributed by atoms with Crippen LogP contribution in [0.3, 0.4) is 0 Å². The minimum Gasteiger partial charge on any atom is -0.393 e. The van der Waals surface area contributed by atoms with Gasteiger partial charge in [-0.1, -0.05) is 12.1 Å². The highest BCUT2D eigenvalue weighted by Crippen LogP contribution is 2.22. The molecule has 1 fully saturated rings. The molecule has 3 N–H and O–H groups in total. The van der Waals surface area contributed by atoms with E-state index in [1.807, 2.05) is 30.3 Å². The second-order valence-electron chi connectivity index (χ2n) is 8.23. The molecule has 2 aromatic heterocycles. The van der Waals surface area contributed by atoms with Crippen LogP contribution in [-0.4, -0.2) is 72.2 Å². The van der Waals surface area contributed by atoms with Crippen LogP contribution in [0.4, 0.5) is 5.82 Å². The molecule has 3 heterocycles. The first-order valence-electron chi connectivity index (χ1n) is 11.0. The van der Waals surface area contributed by atoms with Crippen molar-refractivity contribution in [3.63, 3.8) is 0 Å². The highest BCUT2D eigenvalue weighted by atomic mass is 16.1. The van der Waals surface area contributed by atoms with E-state index in [-0.39, 0.29) is 5.91 Å². The summed E-state index contributed by atoms with van der Waals surface area (Å²) in [6.45, 7) is 4.83. The number of aromatic nitrogens is 2. The van der Waals surface area contributed by atoms with Crippen molar-refractivity contribution in [2.75, 3.05) is 45.6 Å². The Balaban J connectivity index is 1.49. The molecule has 0 aliphatic carbocycles. The standard InChI is InChI=1S/C25H29N7O/c1-27-15-22(14-26)18-3-4-20-16-29-24(13-21(20)11-18)30-25(33)19-5-6-28-23(12-19)17-32-9-7-31(2)8-10-32/h3-6,11-16,26-27H,7-10,17H2,1-2H3,(H,29,30,33)/b22-15+,26-14?. The van der Waals surface area contributed by atoms with Crippen molar-refractivity contribution in [3.05, 3.63) is 71.8 Å². The number of piperazine rings is 1. The molecule has 8 heteroatoms. The maximum Gasteiger partial charge on any atom is 0.256 e. The van der Waals surface area contributed by atoms with Crippen LogP contribution in [-0.2, 0) is 6.54 Å². The summed E-state index contributed by atoms with van der Waals surface area (Å²) in [5.41, 5.74) is 3.14. The van der Waals surface area contributed by atoms with Gasteiger partial charge >= 0.3 is 0 Å². The number of carbonyl (C=O) groups excluding carboxylic acids is 1. The van der Waals surface area contributed by atoms with Gasteiger partial charge in [0.1, 0.15) is 5.82 Å². The van der Waals surface area contributed by atoms with E-state index < -0.39 is 0 Å². The summed E-state index contributed by atoms with van der Waals surface area (Å²) in [5, 5.41) is 15.4. The number of allylic oxidation sites excluding steroid dienone is 1. The summed E-state index contributed by atoms with van der Waals surface area (Å²) in [7, 11) is 3.94. The Kier molecular flexibility index (Phi) is 7.07. The van der Waals surface area contributed by atoms with Crippen LogP contribution >= 0.6 is 0 Å². The molecule has 0 radical (unpaired) electrons. The average molecular weight is 444 g/mol. The minimum absolute atomic E-state index is 0.213. The number of amides is 1. The zero-order valence-electron chi connectivity index (χ0n) is 19.0. The van der Waals surface area contributed by atoms with Gasteiger partial charge in [0.15, 0.2) is 0 Å². The Morgan fingerprint density at radius 2 is 1.88 bits per heavy atom. The molecule has 33 heavy (non-hydrogen) atoms. The van der Waals surface area contributed by atoms with E-state index in [0.29, 0.717) is 11.4 Å². The largest absolute Gasteiger partial charge is 0.393 e. The van der Waals surface area contributed by atoms with E-state index in [1.54, 1.807) is 31.7 Å². The molecule has 0 unspecified atom stereocenters. The molecule has 4 rings (SSSR count). The molecular formula is C25H29N7O. The first kappa shape index (κ1) is 22.6. The van der Waals surface area contributed by atoms with Gasteiger partial charge < -0.3 is 20.9 Å². The van der Waals surface area contributed by atoms with Gasteiger partial charge in [-0.3, -0.25) is 14.7 Å². The van der Waals surface area contributed by atoms with E-state index in [0.717, 1.165) is 60.3 Å². The van der Waals surface area contributed by atoms with Gasteiger partial charge in [-0.25, -0.2) is 4.98 Å². The Hall–Kier alpha value is -3.62. The molecule has 1 saturated heterocycles. The van der Waals surface area contributed by atoms with Crippen LogP contribution in [0.2, 0.25) is 0 Å². The Labute approximate surface area is 193 Å². The fourth-order valence-corrected chi connectivity index (χ4v) is 3.88. The third-order valence-corrected chi connectivity index (χ3v) is 5.81. The molecule has 1 aliphatic heterocycles. The lowest BCUT2D eigenvalue weighted by Gasteiger charge is -2.32. The molecule has 1 amide bonds. The molecule has 3 aromatic rings. The second kappa shape index (κ2) is 10.3. The van der Waals surface area contributed by atoms with Gasteiger partial charge in [0.25, 0.3) is 5.91 Å². The summed E-state index contributed by atoms with van der Waals surface area (Å²) in [6, 6.07) is 11.3. The van der Waals surface area contributed by atoms with Crippen molar-refractivity contribution in [1.82, 2.24) is 25.1 Å². The SMILES string of the molecule is CN/C=C(\C=N)c1ccc2cnc(NC(=O)c3ccnc(CN4CCN(C)CC4)c3)cc2c1. The maximum absolute atomic E-state index is 12.9. The van der Waals surface area contributed by atoms with Gasteiger partial charge in [-0.2, -0.15) is 0 Å². The monoisotopic (exact) mass is 443 g/mol. The Morgan fingerprint density at radius 1 is 1.06 bits per heavy atom. The van der Waals surface area contributed by atoms with Crippen LogP contribution in [0, 0.1) is 5.41 Å². The molecule has 1 aromatic carbocycles. The summed E-state index contributed by atoms with van der Waals surface area (Å²) in [6.07, 6.45) is 6.52. The zero-order chi connectivity index (χ0) is 23.2. The molecular weight excluding hydrogens is 414 g/mol. The number of rotatable bonds is 7. The lowest BCUT2D eigenvalue weighted by Crippen LogP contribution is -2.44. The maximum atomic E-state index is 12.9. The van der Waals surface area contributed by atoms with E-state index in [2.05, 4.69) is 37.4 Å². The van der Waals surface area contributed by atoms with E-state index in [1.165, 1.54) is 6.21 Å². The van der Waals surface area contributed by atoms with Crippen molar-refractivity contribution >= 4 is 34.3 Å². The number of carbonyl (C=O) groups is 1. The number of fused-ring (bicyclic) bond motifs is 1. The number of likely N-dealkylation sites (N-methyl/N-ethyl adjacent to an activating group) is 1. The zero-order valence-corrected chi connectivity index (χ0v) is 19.0. The van der Waals surface area contributed by atoms with Crippen molar-refractivity contribution in [1.29, 1.82) is 5.41 Å². The molecule has 1 aliphatic rings. The van der Waals surface area contributed by atoms with Gasteiger partial charge in [-0.15, -0.1) is 0 Å². The molecule has 8 nitrogen and oxygen atoms in total. The Bertz CT molecular complexity index is 1180. The topological polar surface area (TPSA) is 97.2 Å². The number of benzene rings is 1. The summed E-state index contributed by atoms with van der Waals surface area (Å²) in [4.78, 5) is 26.4. The molecule has 0 atom stereocenters. The first-order valence-corrected chi connectivity index (χ1v) is 11.0. The van der Waals surface area contributed by atoms with Gasteiger partial charge in [0.05, 0.1) is 5.69 Å². The van der Waals surface area contributed by atoms with Crippen LogP contribution < -0.4 is 10.6 Å². The van der Waals surface area contributed by atoms with E-state index >= 15 is 0 Å². The van der Waals surface area contributed by atoms with Crippen LogP contribution in [0.15, 0.2) is 55.0 Å². The number of nitrogens with one attached hydrogen (secondary N) is 3. The lowest BCUT2D eigenvalue weighted by molar-refractivity contribution is 0.102. The summed E-state index contributed by atoms with van der Waals surface area (Å²) < 4.78 is 0. The van der Waals surface area contributed by atoms with Crippen molar-refractivity contribution in [2.24, 2.45) is 0 Å². The predicted octanol–water partition coefficient (Wildman–Crippen LogP) is 2.84. The second-order valence-corrected chi connectivity index (χ2v) is 8.23. The first-order chi connectivity index (χ1) is 16.1. The molecule has 0 spiro atoms. The van der Waals surface area contributed by atoms with Gasteiger partial charge in [0, 0.05) is 81.1 Å². The summed E-state index contributed by atoms with van der Waals surface area (Å²) >= 11 is 0. The normalized spacial score (nSPS) is 15.4. The Morgan fingerprint density at radius 3 is 2.64 bits per heavy atom. The third-order valence-electron chi connectivity index (χ3n) is 5.81. The third kappa shape index (κ3) is 5.60. The van der Waals surface area contributed by atoms with Crippen LogP contribution in [0.1, 0.15) is 21.6 Å². The summed E-state index contributed by atoms with van der Waals surface area (Å²) in [5.74, 6) is 0.270. The number of hydrogen-bond donors (Lipinski definition) is 3. The molecule has 0 bridgehead atoms. The van der Waals surface area contributed by atoms with E-state index in [4.69, 9.17) is 5.41 Å². The molecule has 0 saturated carbocycles. The molecule has 170 valence electrons. The van der Waals surface area contributed by atoms with Gasteiger partial charge in [0.2, 0.25) is 0 Å². The highest BCUT2D eigenvalue weighted by Gasteiger charge is 2.15. The lowest BCUT2D eigenvalue weighted by atomic mass is 10.0. The fourth-order valence-electron chi connectivity index (χ4n) is 3.88. The van der Waals surface area contributed by atoms with Crippen molar-refractivity contribution < 1.29 is 4.79 Å². The van der Waals surface area contributed by atoms with Crippen LogP contribution in [0.25, 0.3) is 16.3 Å². The van der Waals surface area contributed by atoms with Crippen molar-refractivity contribution in [3.8, 4) is 0 Å². The average Bonchev–Trinajstić information content (AvgIpc) is 2.83. The minimum atomic E-state index is -0.213. The smallest absolute Gasteiger partial charge is 0.256 e. The fraction of sp³-hybridized carbons (Fsp3) is 0.280. The quantitative estimate of drug-likeness (QED) is 0.486. The highest BCUT2D eigenvalue weighted by molar-refractivity contribution is 6.09. The van der Waals surface area contributed by atoms with Crippen molar-refractivity contribution in [2.45, 2.75) is 6.54 Å². The van der Waals surface area contributed by atoms with E-state index in [9.17, 15) is 4.79 Å². The number of pyridine rings is 2. The van der Waals surface area contributed by atoms with Gasteiger partial charge in [-0.05, 0) is 42.3 Å². The number of hydrogen-bond acceptors (Lipinski definition) is 7. The predicted molar refractivity (Wildman–Crippen MR) is 133 cm³/mol. The number of nitrogens with zero attached hydrogens (tertiary/aromatic N) is 4. The number of anilines is 1. The van der Waals surface area contributed by atoms with Crippen LogP contribution in [0.5, 0.6) is 0 Å².